The van der Waals surface area contributed by atoms with Crippen molar-refractivity contribution in [3.05, 3.63) is 48.0 Å². The highest BCUT2D eigenvalue weighted by Gasteiger charge is 2.26. The molecule has 7 nitrogen and oxygen atoms in total. The van der Waals surface area contributed by atoms with Crippen LogP contribution in [0.2, 0.25) is 0 Å². The summed E-state index contributed by atoms with van der Waals surface area (Å²) in [7, 11) is 0. The highest BCUT2D eigenvalue weighted by Crippen LogP contribution is 2.20. The van der Waals surface area contributed by atoms with Gasteiger partial charge in [0.15, 0.2) is 11.8 Å². The van der Waals surface area contributed by atoms with Gasteiger partial charge in [0.2, 0.25) is 0 Å². The minimum Gasteiger partial charge on any atom is -0.357 e. The molecule has 152 valence electrons. The van der Waals surface area contributed by atoms with E-state index < -0.39 is 0 Å². The lowest BCUT2D eigenvalue weighted by atomic mass is 9.97. The molecule has 0 aliphatic carbocycles. The summed E-state index contributed by atoms with van der Waals surface area (Å²) in [5.41, 5.74) is 1.38. The van der Waals surface area contributed by atoms with Crippen molar-refractivity contribution in [1.82, 2.24) is 30.3 Å². The van der Waals surface area contributed by atoms with Crippen molar-refractivity contribution >= 4 is 5.96 Å². The predicted octanol–water partition coefficient (Wildman–Crippen LogP) is 2.41. The van der Waals surface area contributed by atoms with E-state index in [1.807, 2.05) is 4.57 Å². The molecule has 0 amide bonds. The zero-order chi connectivity index (χ0) is 19.8. The maximum atomic E-state index is 4.73. The van der Waals surface area contributed by atoms with E-state index in [9.17, 15) is 0 Å². The first-order chi connectivity index (χ1) is 13.7. The normalized spacial score (nSPS) is 20.9. The highest BCUT2D eigenvalue weighted by atomic mass is 15.3. The Kier molecular flexibility index (Phi) is 7.42. The molecule has 0 bridgehead atoms. The Hall–Kier alpha value is -2.41. The van der Waals surface area contributed by atoms with Crippen molar-refractivity contribution in [2.45, 2.75) is 65.3 Å². The molecule has 1 aliphatic rings. The van der Waals surface area contributed by atoms with E-state index in [1.54, 1.807) is 6.33 Å². The summed E-state index contributed by atoms with van der Waals surface area (Å²) >= 11 is 0. The second-order valence-corrected chi connectivity index (χ2v) is 7.40. The third-order valence-corrected chi connectivity index (χ3v) is 5.34. The Bertz CT molecular complexity index is 740. The van der Waals surface area contributed by atoms with Crippen LogP contribution in [-0.4, -0.2) is 50.8 Å². The smallest absolute Gasteiger partial charge is 0.191 e. The van der Waals surface area contributed by atoms with Crippen molar-refractivity contribution < 1.29 is 0 Å². The number of likely N-dealkylation sites (tertiary alicyclic amines) is 1. The quantitative estimate of drug-likeness (QED) is 0.568. The summed E-state index contributed by atoms with van der Waals surface area (Å²) in [4.78, 5) is 7.30. The van der Waals surface area contributed by atoms with Crippen LogP contribution in [0.25, 0.3) is 0 Å². The summed E-state index contributed by atoms with van der Waals surface area (Å²) in [5, 5.41) is 15.1. The van der Waals surface area contributed by atoms with Gasteiger partial charge < -0.3 is 15.2 Å². The highest BCUT2D eigenvalue weighted by molar-refractivity contribution is 5.80. The molecule has 1 fully saturated rings. The summed E-state index contributed by atoms with van der Waals surface area (Å²) in [6, 6.07) is 11.7. The van der Waals surface area contributed by atoms with Crippen molar-refractivity contribution in [2.75, 3.05) is 13.1 Å². The number of nitrogens with zero attached hydrogens (tertiary/aromatic N) is 5. The molecule has 2 aromatic rings. The second kappa shape index (κ2) is 10.2. The maximum absolute atomic E-state index is 4.73. The molecule has 0 saturated carbocycles. The number of rotatable bonds is 7. The standard InChI is InChI=1S/C21H33N7/c1-4-22-21(23-14-20-26-24-16-27(20)5-2)25-19-11-12-28(17(3)13-19)15-18-9-7-6-8-10-18/h6-10,16-17,19H,4-5,11-15H2,1-3H3,(H2,22,23,25). The summed E-state index contributed by atoms with van der Waals surface area (Å²) in [6.45, 7) is 10.9. The fraction of sp³-hybridized carbons (Fsp3) is 0.571. The van der Waals surface area contributed by atoms with Crippen molar-refractivity contribution in [3.63, 3.8) is 0 Å². The molecule has 2 unspecified atom stereocenters. The van der Waals surface area contributed by atoms with Crippen LogP contribution in [-0.2, 0) is 19.6 Å². The van der Waals surface area contributed by atoms with E-state index in [1.165, 1.54) is 5.56 Å². The Labute approximate surface area is 168 Å². The first kappa shape index (κ1) is 20.3. The molecular weight excluding hydrogens is 350 g/mol. The van der Waals surface area contributed by atoms with E-state index >= 15 is 0 Å². The van der Waals surface area contributed by atoms with Gasteiger partial charge in [-0.15, -0.1) is 10.2 Å². The Morgan fingerprint density at radius 3 is 2.79 bits per heavy atom. The number of guanidine groups is 1. The number of aliphatic imine (C=N–C) groups is 1. The van der Waals surface area contributed by atoms with E-state index in [0.717, 1.165) is 50.8 Å². The van der Waals surface area contributed by atoms with E-state index in [0.29, 0.717) is 18.6 Å². The molecule has 1 aromatic heterocycles. The summed E-state index contributed by atoms with van der Waals surface area (Å²) in [5.74, 6) is 1.76. The lowest BCUT2D eigenvalue weighted by molar-refractivity contribution is 0.134. The van der Waals surface area contributed by atoms with Gasteiger partial charge in [-0.1, -0.05) is 30.3 Å². The number of hydrogen-bond donors (Lipinski definition) is 2. The lowest BCUT2D eigenvalue weighted by Crippen LogP contribution is -2.51. The number of hydrogen-bond acceptors (Lipinski definition) is 4. The number of nitrogens with one attached hydrogen (secondary N) is 2. The molecule has 7 heteroatoms. The van der Waals surface area contributed by atoms with Gasteiger partial charge in [0.25, 0.3) is 0 Å². The molecule has 2 atom stereocenters. The predicted molar refractivity (Wildman–Crippen MR) is 113 cm³/mol. The fourth-order valence-corrected chi connectivity index (χ4v) is 3.73. The van der Waals surface area contributed by atoms with Gasteiger partial charge in [0.1, 0.15) is 12.9 Å². The molecule has 28 heavy (non-hydrogen) atoms. The Morgan fingerprint density at radius 2 is 2.07 bits per heavy atom. The van der Waals surface area contributed by atoms with Crippen LogP contribution in [0.1, 0.15) is 45.0 Å². The molecule has 0 spiro atoms. The van der Waals surface area contributed by atoms with Gasteiger partial charge >= 0.3 is 0 Å². The minimum absolute atomic E-state index is 0.434. The summed E-state index contributed by atoms with van der Waals surface area (Å²) < 4.78 is 2.03. The Morgan fingerprint density at radius 1 is 1.25 bits per heavy atom. The monoisotopic (exact) mass is 383 g/mol. The number of aromatic nitrogens is 3. The molecule has 3 rings (SSSR count). The molecule has 1 saturated heterocycles. The molecule has 0 radical (unpaired) electrons. The van der Waals surface area contributed by atoms with Crippen molar-refractivity contribution in [2.24, 2.45) is 4.99 Å². The molecule has 2 N–H and O–H groups in total. The van der Waals surface area contributed by atoms with Gasteiger partial charge in [-0.3, -0.25) is 4.90 Å². The van der Waals surface area contributed by atoms with Crippen LogP contribution in [0.3, 0.4) is 0 Å². The largest absolute Gasteiger partial charge is 0.357 e. The lowest BCUT2D eigenvalue weighted by Gasteiger charge is -2.38. The van der Waals surface area contributed by atoms with Crippen molar-refractivity contribution in [3.8, 4) is 0 Å². The van der Waals surface area contributed by atoms with Gasteiger partial charge in [0, 0.05) is 38.3 Å². The minimum atomic E-state index is 0.434. The van der Waals surface area contributed by atoms with Gasteiger partial charge in [-0.2, -0.15) is 0 Å². The first-order valence-electron chi connectivity index (χ1n) is 10.4. The van der Waals surface area contributed by atoms with E-state index in [-0.39, 0.29) is 0 Å². The third-order valence-electron chi connectivity index (χ3n) is 5.34. The molecule has 1 aromatic carbocycles. The Balaban J connectivity index is 1.55. The van der Waals surface area contributed by atoms with Crippen LogP contribution in [0.5, 0.6) is 0 Å². The zero-order valence-corrected chi connectivity index (χ0v) is 17.3. The van der Waals surface area contributed by atoms with Gasteiger partial charge in [-0.25, -0.2) is 4.99 Å². The average Bonchev–Trinajstić information content (AvgIpc) is 3.17. The number of benzene rings is 1. The first-order valence-corrected chi connectivity index (χ1v) is 10.4. The van der Waals surface area contributed by atoms with Crippen molar-refractivity contribution in [1.29, 1.82) is 0 Å². The van der Waals surface area contributed by atoms with Gasteiger partial charge in [0.05, 0.1) is 0 Å². The SMILES string of the molecule is CCNC(=NCc1nncn1CC)NC1CCN(Cc2ccccc2)C(C)C1. The maximum Gasteiger partial charge on any atom is 0.191 e. The molecular formula is C21H33N7. The second-order valence-electron chi connectivity index (χ2n) is 7.40. The van der Waals surface area contributed by atoms with E-state index in [4.69, 9.17) is 4.99 Å². The molecule has 1 aliphatic heterocycles. The van der Waals surface area contributed by atoms with Crippen LogP contribution >= 0.6 is 0 Å². The summed E-state index contributed by atoms with van der Waals surface area (Å²) in [6.07, 6.45) is 3.99. The van der Waals surface area contributed by atoms with E-state index in [2.05, 4.69) is 76.8 Å². The van der Waals surface area contributed by atoms with Crippen LogP contribution in [0, 0.1) is 0 Å². The molecule has 2 heterocycles. The third kappa shape index (κ3) is 5.55. The fourth-order valence-electron chi connectivity index (χ4n) is 3.73. The number of piperidine rings is 1. The number of aryl methyl sites for hydroxylation is 1. The van der Waals surface area contributed by atoms with Crippen LogP contribution in [0.4, 0.5) is 0 Å². The van der Waals surface area contributed by atoms with Gasteiger partial charge in [-0.05, 0) is 39.2 Å². The zero-order valence-electron chi connectivity index (χ0n) is 17.3. The van der Waals surface area contributed by atoms with Crippen LogP contribution < -0.4 is 10.6 Å². The topological polar surface area (TPSA) is 70.4 Å². The average molecular weight is 384 g/mol. The van der Waals surface area contributed by atoms with Crippen LogP contribution in [0.15, 0.2) is 41.7 Å².